The van der Waals surface area contributed by atoms with Gasteiger partial charge in [0.15, 0.2) is 0 Å². The first kappa shape index (κ1) is 10.8. The number of rotatable bonds is 3. The Morgan fingerprint density at radius 3 is 2.56 bits per heavy atom. The number of nitrogens with two attached hydrogens (primary N) is 1. The smallest absolute Gasteiger partial charge is 0.240 e. The molecule has 0 aliphatic heterocycles. The van der Waals surface area contributed by atoms with Crippen molar-refractivity contribution in [1.82, 2.24) is 10.1 Å². The Labute approximate surface area is 92.3 Å². The van der Waals surface area contributed by atoms with Crippen LogP contribution in [0.4, 0.5) is 4.39 Å². The molecule has 2 N–H and O–H groups in total. The topological polar surface area (TPSA) is 64.9 Å². The first-order valence-electron chi connectivity index (χ1n) is 4.97. The van der Waals surface area contributed by atoms with Crippen LogP contribution in [0.2, 0.25) is 0 Å². The zero-order chi connectivity index (χ0) is 11.5. The fraction of sp³-hybridized carbons (Fsp3) is 0.273. The van der Waals surface area contributed by atoms with E-state index >= 15 is 0 Å². The summed E-state index contributed by atoms with van der Waals surface area (Å²) in [6.45, 7) is 1.71. The maximum atomic E-state index is 13.0. The Bertz CT molecular complexity index is 464. The van der Waals surface area contributed by atoms with E-state index in [1.165, 1.54) is 6.92 Å². The van der Waals surface area contributed by atoms with Gasteiger partial charge in [-0.3, -0.25) is 0 Å². The number of hydrogen-bond acceptors (Lipinski definition) is 4. The van der Waals surface area contributed by atoms with Gasteiger partial charge in [-0.2, -0.15) is 4.98 Å². The normalized spacial score (nSPS) is 12.7. The van der Waals surface area contributed by atoms with Gasteiger partial charge < -0.3 is 10.3 Å². The average Bonchev–Trinajstić information content (AvgIpc) is 2.77. The number of benzene rings is 1. The summed E-state index contributed by atoms with van der Waals surface area (Å²) in [4.78, 5) is 4.08. The number of aromatic nitrogens is 2. The van der Waals surface area contributed by atoms with Gasteiger partial charge in [-0.05, 0) is 12.5 Å². The van der Waals surface area contributed by atoms with E-state index in [0.717, 1.165) is 5.56 Å². The van der Waals surface area contributed by atoms with Gasteiger partial charge in [0.25, 0.3) is 0 Å². The molecule has 84 valence electrons. The molecule has 0 bridgehead atoms. The Balaban J connectivity index is 2.27. The van der Waals surface area contributed by atoms with Crippen LogP contribution in [-0.4, -0.2) is 10.1 Å². The second-order valence-corrected chi connectivity index (χ2v) is 3.45. The predicted octanol–water partition coefficient (Wildman–Crippen LogP) is 2.23. The zero-order valence-electron chi connectivity index (χ0n) is 8.85. The van der Waals surface area contributed by atoms with E-state index < -0.39 is 6.17 Å². The van der Waals surface area contributed by atoms with Crippen molar-refractivity contribution >= 4 is 0 Å². The third-order valence-electron chi connectivity index (χ3n) is 2.27. The summed E-state index contributed by atoms with van der Waals surface area (Å²) in [5.74, 6) is 0.858. The van der Waals surface area contributed by atoms with Crippen LogP contribution in [0.25, 0.3) is 11.4 Å². The van der Waals surface area contributed by atoms with Crippen LogP contribution in [0.15, 0.2) is 28.8 Å². The fourth-order valence-corrected chi connectivity index (χ4v) is 1.35. The predicted molar refractivity (Wildman–Crippen MR) is 57.1 cm³/mol. The molecule has 1 heterocycles. The highest BCUT2D eigenvalue weighted by atomic mass is 19.1. The molecule has 0 aliphatic rings. The van der Waals surface area contributed by atoms with E-state index in [1.54, 1.807) is 24.3 Å². The summed E-state index contributed by atoms with van der Waals surface area (Å²) in [5.41, 5.74) is 6.78. The van der Waals surface area contributed by atoms with E-state index in [-0.39, 0.29) is 6.54 Å². The quantitative estimate of drug-likeness (QED) is 0.863. The highest BCUT2D eigenvalue weighted by Crippen LogP contribution is 2.21. The van der Waals surface area contributed by atoms with E-state index in [2.05, 4.69) is 10.1 Å². The van der Waals surface area contributed by atoms with Crippen molar-refractivity contribution in [1.29, 1.82) is 0 Å². The molecule has 0 amide bonds. The number of alkyl halides is 1. The van der Waals surface area contributed by atoms with Crippen molar-refractivity contribution in [3.63, 3.8) is 0 Å². The van der Waals surface area contributed by atoms with Crippen molar-refractivity contribution in [2.75, 3.05) is 0 Å². The van der Waals surface area contributed by atoms with E-state index in [4.69, 9.17) is 10.3 Å². The van der Waals surface area contributed by atoms with Crippen molar-refractivity contribution < 1.29 is 8.91 Å². The average molecular weight is 221 g/mol. The minimum atomic E-state index is -0.973. The van der Waals surface area contributed by atoms with Gasteiger partial charge in [-0.1, -0.05) is 29.4 Å². The molecule has 1 unspecified atom stereocenters. The summed E-state index contributed by atoms with van der Waals surface area (Å²) < 4.78 is 17.8. The van der Waals surface area contributed by atoms with Gasteiger partial charge in [-0.15, -0.1) is 0 Å². The molecule has 0 saturated heterocycles. The minimum Gasteiger partial charge on any atom is -0.338 e. The Morgan fingerprint density at radius 2 is 2.06 bits per heavy atom. The molecule has 5 heteroatoms. The number of nitrogens with zero attached hydrogens (tertiary/aromatic N) is 2. The summed E-state index contributed by atoms with van der Waals surface area (Å²) in [6, 6.07) is 6.93. The summed E-state index contributed by atoms with van der Waals surface area (Å²) in [6.07, 6.45) is -0.973. The highest BCUT2D eigenvalue weighted by Gasteiger charge is 2.08. The van der Waals surface area contributed by atoms with Crippen LogP contribution in [0.5, 0.6) is 0 Å². The second kappa shape index (κ2) is 4.40. The van der Waals surface area contributed by atoms with Gasteiger partial charge in [0.1, 0.15) is 6.17 Å². The zero-order valence-corrected chi connectivity index (χ0v) is 8.85. The molecule has 1 aromatic heterocycles. The van der Waals surface area contributed by atoms with Gasteiger partial charge in [0.2, 0.25) is 11.7 Å². The molecule has 2 rings (SSSR count). The van der Waals surface area contributed by atoms with Gasteiger partial charge in [0, 0.05) is 5.56 Å². The van der Waals surface area contributed by atoms with Gasteiger partial charge in [-0.25, -0.2) is 4.39 Å². The molecular weight excluding hydrogens is 209 g/mol. The van der Waals surface area contributed by atoms with E-state index in [0.29, 0.717) is 17.3 Å². The molecule has 2 aromatic rings. The molecule has 0 radical (unpaired) electrons. The third-order valence-corrected chi connectivity index (χ3v) is 2.27. The Morgan fingerprint density at radius 1 is 1.38 bits per heavy atom. The standard InChI is InChI=1S/C11H12FN3O/c1-7(12)8-2-4-9(5-3-8)11-14-10(6-13)16-15-11/h2-5,7H,6,13H2,1H3. The first-order chi connectivity index (χ1) is 7.70. The summed E-state index contributed by atoms with van der Waals surface area (Å²) in [7, 11) is 0. The van der Waals surface area contributed by atoms with Crippen molar-refractivity contribution in [3.8, 4) is 11.4 Å². The first-order valence-corrected chi connectivity index (χ1v) is 4.97. The van der Waals surface area contributed by atoms with Gasteiger partial charge >= 0.3 is 0 Å². The molecule has 0 aliphatic carbocycles. The summed E-state index contributed by atoms with van der Waals surface area (Å²) >= 11 is 0. The molecule has 16 heavy (non-hydrogen) atoms. The lowest BCUT2D eigenvalue weighted by Crippen LogP contribution is -1.95. The van der Waals surface area contributed by atoms with Crippen LogP contribution in [0.1, 0.15) is 24.5 Å². The molecule has 0 spiro atoms. The maximum Gasteiger partial charge on any atom is 0.240 e. The van der Waals surface area contributed by atoms with Crippen LogP contribution in [0.3, 0.4) is 0 Å². The van der Waals surface area contributed by atoms with Crippen LogP contribution >= 0.6 is 0 Å². The van der Waals surface area contributed by atoms with E-state index in [1.807, 2.05) is 0 Å². The van der Waals surface area contributed by atoms with Crippen LogP contribution in [0, 0.1) is 0 Å². The SMILES string of the molecule is CC(F)c1ccc(-c2noc(CN)n2)cc1. The fourth-order valence-electron chi connectivity index (χ4n) is 1.35. The highest BCUT2D eigenvalue weighted by molar-refractivity contribution is 5.54. The lowest BCUT2D eigenvalue weighted by molar-refractivity contribution is 0.374. The van der Waals surface area contributed by atoms with Crippen molar-refractivity contribution in [3.05, 3.63) is 35.7 Å². The molecule has 0 fully saturated rings. The van der Waals surface area contributed by atoms with Crippen molar-refractivity contribution in [2.24, 2.45) is 5.73 Å². The largest absolute Gasteiger partial charge is 0.338 e. The van der Waals surface area contributed by atoms with Crippen molar-refractivity contribution in [2.45, 2.75) is 19.6 Å². The number of hydrogen-bond donors (Lipinski definition) is 1. The monoisotopic (exact) mass is 221 g/mol. The molecule has 1 aromatic carbocycles. The lowest BCUT2D eigenvalue weighted by atomic mass is 10.1. The molecule has 1 atom stereocenters. The number of halogens is 1. The Kier molecular flexibility index (Phi) is 2.96. The van der Waals surface area contributed by atoms with Gasteiger partial charge in [0.05, 0.1) is 6.54 Å². The van der Waals surface area contributed by atoms with Crippen LogP contribution in [-0.2, 0) is 6.54 Å². The third kappa shape index (κ3) is 2.09. The lowest BCUT2D eigenvalue weighted by Gasteiger charge is -2.01. The Hall–Kier alpha value is -1.75. The minimum absolute atomic E-state index is 0.215. The molecule has 4 nitrogen and oxygen atoms in total. The summed E-state index contributed by atoms with van der Waals surface area (Å²) in [5, 5.41) is 3.77. The molecule has 0 saturated carbocycles. The second-order valence-electron chi connectivity index (χ2n) is 3.45. The molecular formula is C11H12FN3O. The van der Waals surface area contributed by atoms with E-state index in [9.17, 15) is 4.39 Å². The van der Waals surface area contributed by atoms with Crippen LogP contribution < -0.4 is 5.73 Å². The maximum absolute atomic E-state index is 13.0.